The Labute approximate surface area is 111 Å². The molecule has 0 bridgehead atoms. The lowest BCUT2D eigenvalue weighted by Crippen LogP contribution is -2.26. The molecule has 3 rings (SSSR count). The second kappa shape index (κ2) is 4.66. The Hall–Kier alpha value is -1.88. The van der Waals surface area contributed by atoms with Crippen molar-refractivity contribution in [2.75, 3.05) is 18.0 Å². The number of benzene rings is 1. The van der Waals surface area contributed by atoms with Gasteiger partial charge in [0.1, 0.15) is 5.82 Å². The van der Waals surface area contributed by atoms with Crippen LogP contribution in [0.15, 0.2) is 24.3 Å². The van der Waals surface area contributed by atoms with E-state index in [-0.39, 0.29) is 11.9 Å². The van der Waals surface area contributed by atoms with Crippen LogP contribution in [0.1, 0.15) is 12.1 Å². The molecule has 0 amide bonds. The average molecular weight is 260 g/mol. The van der Waals surface area contributed by atoms with Gasteiger partial charge in [0.25, 0.3) is 0 Å². The fraction of sp³-hybridized carbons (Fsp3) is 0.357. The minimum absolute atomic E-state index is 0.207. The molecule has 4 nitrogen and oxygen atoms in total. The van der Waals surface area contributed by atoms with Crippen LogP contribution in [0.25, 0.3) is 11.1 Å². The summed E-state index contributed by atoms with van der Waals surface area (Å²) in [5.74, 6) is 0.687. The highest BCUT2D eigenvalue weighted by Gasteiger charge is 2.25. The van der Waals surface area contributed by atoms with E-state index in [4.69, 9.17) is 5.73 Å². The fourth-order valence-corrected chi connectivity index (χ4v) is 2.59. The lowest BCUT2D eigenvalue weighted by Gasteiger charge is -2.17. The molecule has 0 radical (unpaired) electrons. The van der Waals surface area contributed by atoms with Gasteiger partial charge in [-0.1, -0.05) is 12.1 Å². The summed E-state index contributed by atoms with van der Waals surface area (Å²) in [5, 5.41) is 7.40. The number of nitrogens with two attached hydrogens (primary N) is 1. The minimum atomic E-state index is -0.227. The summed E-state index contributed by atoms with van der Waals surface area (Å²) in [6.45, 7) is 3.71. The quantitative estimate of drug-likeness (QED) is 0.869. The van der Waals surface area contributed by atoms with Crippen LogP contribution in [-0.2, 0) is 0 Å². The van der Waals surface area contributed by atoms with E-state index < -0.39 is 0 Å². The number of anilines is 1. The minimum Gasteiger partial charge on any atom is -0.353 e. The van der Waals surface area contributed by atoms with Crippen molar-refractivity contribution < 1.29 is 4.39 Å². The Balaban J connectivity index is 2.01. The van der Waals surface area contributed by atoms with Gasteiger partial charge in [0.05, 0.1) is 0 Å². The van der Waals surface area contributed by atoms with Crippen molar-refractivity contribution in [1.82, 2.24) is 10.2 Å². The third-order valence-electron chi connectivity index (χ3n) is 3.59. The topological polar surface area (TPSA) is 57.9 Å². The highest BCUT2D eigenvalue weighted by Crippen LogP contribution is 2.33. The Kier molecular flexibility index (Phi) is 2.98. The van der Waals surface area contributed by atoms with E-state index in [9.17, 15) is 4.39 Å². The number of H-pyrrole nitrogens is 1. The largest absolute Gasteiger partial charge is 0.353 e. The van der Waals surface area contributed by atoms with Crippen LogP contribution in [0, 0.1) is 12.7 Å². The molecule has 3 N–H and O–H groups in total. The van der Waals surface area contributed by atoms with Crippen LogP contribution in [-0.4, -0.2) is 29.3 Å². The lowest BCUT2D eigenvalue weighted by atomic mass is 10.1. The van der Waals surface area contributed by atoms with Gasteiger partial charge in [0.2, 0.25) is 0 Å². The van der Waals surface area contributed by atoms with Crippen LogP contribution >= 0.6 is 0 Å². The zero-order valence-electron chi connectivity index (χ0n) is 10.9. The zero-order chi connectivity index (χ0) is 13.4. The van der Waals surface area contributed by atoms with Gasteiger partial charge in [0.15, 0.2) is 5.82 Å². The van der Waals surface area contributed by atoms with Gasteiger partial charge in [-0.3, -0.25) is 5.10 Å². The van der Waals surface area contributed by atoms with Crippen LogP contribution in [0.3, 0.4) is 0 Å². The number of hydrogen-bond acceptors (Lipinski definition) is 3. The summed E-state index contributed by atoms with van der Waals surface area (Å²) in [4.78, 5) is 2.19. The van der Waals surface area contributed by atoms with Crippen molar-refractivity contribution in [2.45, 2.75) is 19.4 Å². The number of halogens is 1. The maximum atomic E-state index is 13.0. The first-order valence-corrected chi connectivity index (χ1v) is 6.46. The van der Waals surface area contributed by atoms with E-state index in [1.807, 2.05) is 6.92 Å². The monoisotopic (exact) mass is 260 g/mol. The number of aromatic nitrogens is 2. The highest BCUT2D eigenvalue weighted by molar-refractivity contribution is 5.78. The van der Waals surface area contributed by atoms with Crippen LogP contribution in [0.5, 0.6) is 0 Å². The molecule has 2 aromatic rings. The standard InChI is InChI=1S/C14H17FN4/c1-9-13(10-2-4-11(15)5-3-10)14(18-17-9)19-7-6-12(16)8-19/h2-5,12H,6-8,16H2,1H3,(H,17,18). The number of rotatable bonds is 2. The Morgan fingerprint density at radius 3 is 2.74 bits per heavy atom. The van der Waals surface area contributed by atoms with Crippen molar-refractivity contribution in [1.29, 1.82) is 0 Å². The molecule has 2 heterocycles. The maximum Gasteiger partial charge on any atom is 0.158 e. The van der Waals surface area contributed by atoms with Gasteiger partial charge < -0.3 is 10.6 Å². The molecule has 0 spiro atoms. The van der Waals surface area contributed by atoms with Crippen LogP contribution in [0.4, 0.5) is 10.2 Å². The summed E-state index contributed by atoms with van der Waals surface area (Å²) < 4.78 is 13.0. The van der Waals surface area contributed by atoms with Crippen LogP contribution < -0.4 is 10.6 Å². The number of hydrogen-bond donors (Lipinski definition) is 2. The first-order valence-electron chi connectivity index (χ1n) is 6.46. The molecule has 1 aromatic heterocycles. The second-order valence-corrected chi connectivity index (χ2v) is 5.05. The zero-order valence-corrected chi connectivity index (χ0v) is 10.9. The molecule has 1 atom stereocenters. The third-order valence-corrected chi connectivity index (χ3v) is 3.59. The first kappa shape index (κ1) is 12.2. The molecule has 1 aliphatic heterocycles. The molecular formula is C14H17FN4. The number of nitrogens with zero attached hydrogens (tertiary/aromatic N) is 2. The van der Waals surface area contributed by atoms with E-state index >= 15 is 0 Å². The molecule has 1 fully saturated rings. The summed E-state index contributed by atoms with van der Waals surface area (Å²) in [7, 11) is 0. The Bertz CT molecular complexity index is 576. The second-order valence-electron chi connectivity index (χ2n) is 5.05. The van der Waals surface area contributed by atoms with Crippen molar-refractivity contribution in [3.8, 4) is 11.1 Å². The molecule has 0 aliphatic carbocycles. The van der Waals surface area contributed by atoms with Gasteiger partial charge in [-0.05, 0) is 31.0 Å². The van der Waals surface area contributed by atoms with E-state index in [1.54, 1.807) is 12.1 Å². The van der Waals surface area contributed by atoms with Crippen LogP contribution in [0.2, 0.25) is 0 Å². The Morgan fingerprint density at radius 2 is 2.11 bits per heavy atom. The molecule has 0 saturated carbocycles. The molecule has 100 valence electrons. The van der Waals surface area contributed by atoms with E-state index in [0.717, 1.165) is 42.1 Å². The van der Waals surface area contributed by atoms with Gasteiger partial charge in [-0.2, -0.15) is 5.10 Å². The van der Waals surface area contributed by atoms with Crippen molar-refractivity contribution in [3.05, 3.63) is 35.8 Å². The molecule has 1 unspecified atom stereocenters. The predicted octanol–water partition coefficient (Wildman–Crippen LogP) is 2.06. The fourth-order valence-electron chi connectivity index (χ4n) is 2.59. The number of aromatic amines is 1. The van der Waals surface area contributed by atoms with E-state index in [0.29, 0.717) is 0 Å². The summed E-state index contributed by atoms with van der Waals surface area (Å²) >= 11 is 0. The van der Waals surface area contributed by atoms with Crippen molar-refractivity contribution >= 4 is 5.82 Å². The smallest absolute Gasteiger partial charge is 0.158 e. The molecule has 1 aliphatic rings. The maximum absolute atomic E-state index is 13.0. The number of nitrogens with one attached hydrogen (secondary N) is 1. The first-order chi connectivity index (χ1) is 9.15. The van der Waals surface area contributed by atoms with Gasteiger partial charge in [-0.15, -0.1) is 0 Å². The van der Waals surface area contributed by atoms with Crippen molar-refractivity contribution in [3.63, 3.8) is 0 Å². The molecule has 5 heteroatoms. The van der Waals surface area contributed by atoms with E-state index in [1.165, 1.54) is 12.1 Å². The Morgan fingerprint density at radius 1 is 1.37 bits per heavy atom. The summed E-state index contributed by atoms with van der Waals surface area (Å²) in [5.41, 5.74) is 8.95. The normalized spacial score (nSPS) is 19.1. The average Bonchev–Trinajstić information content (AvgIpc) is 2.97. The number of aryl methyl sites for hydroxylation is 1. The molecule has 1 saturated heterocycles. The van der Waals surface area contributed by atoms with Gasteiger partial charge in [0, 0.05) is 30.4 Å². The molecular weight excluding hydrogens is 243 g/mol. The molecule has 1 aromatic carbocycles. The van der Waals surface area contributed by atoms with Crippen molar-refractivity contribution in [2.24, 2.45) is 5.73 Å². The van der Waals surface area contributed by atoms with Gasteiger partial charge >= 0.3 is 0 Å². The van der Waals surface area contributed by atoms with E-state index in [2.05, 4.69) is 15.1 Å². The third kappa shape index (κ3) is 2.21. The molecule has 19 heavy (non-hydrogen) atoms. The SMILES string of the molecule is Cc1[nH]nc(N2CCC(N)C2)c1-c1ccc(F)cc1. The lowest BCUT2D eigenvalue weighted by molar-refractivity contribution is 0.628. The predicted molar refractivity (Wildman–Crippen MR) is 73.5 cm³/mol. The summed E-state index contributed by atoms with van der Waals surface area (Å²) in [6, 6.07) is 6.72. The highest BCUT2D eigenvalue weighted by atomic mass is 19.1. The summed E-state index contributed by atoms with van der Waals surface area (Å²) in [6.07, 6.45) is 0.981. The van der Waals surface area contributed by atoms with Gasteiger partial charge in [-0.25, -0.2) is 4.39 Å².